The number of halogens is 10. The third kappa shape index (κ3) is 13.5. The minimum atomic E-state index is -5.23. The molecule has 2 unspecified atom stereocenters. The van der Waals surface area contributed by atoms with Gasteiger partial charge < -0.3 is 40.2 Å². The number of nitrogens with zero attached hydrogens (tertiary/aromatic N) is 7. The summed E-state index contributed by atoms with van der Waals surface area (Å²) < 4.78 is 161. The van der Waals surface area contributed by atoms with Crippen LogP contribution in [0.2, 0.25) is 0 Å². The summed E-state index contributed by atoms with van der Waals surface area (Å²) in [5.41, 5.74) is -3.16. The van der Waals surface area contributed by atoms with Crippen molar-refractivity contribution in [2.24, 2.45) is 10.8 Å². The van der Waals surface area contributed by atoms with Gasteiger partial charge in [0.2, 0.25) is 5.91 Å². The summed E-state index contributed by atoms with van der Waals surface area (Å²) >= 11 is 0. The Bertz CT molecular complexity index is 3120. The quantitative estimate of drug-likeness (QED) is 0.0378. The predicted octanol–water partition coefficient (Wildman–Crippen LogP) is 7.43. The number of amides is 4. The molecule has 3 aromatic heterocycles. The number of carbonyl (C=O) groups is 4. The Morgan fingerprint density at radius 3 is 1.80 bits per heavy atom. The molecular weight excluding hydrogens is 1120 g/mol. The lowest BCUT2D eigenvalue weighted by Gasteiger charge is -2.48. The molecule has 3 aliphatic rings. The number of alkyl carbamates (subject to hydrolysis) is 2. The molecule has 6 atom stereocenters. The molecule has 19 nitrogen and oxygen atoms in total. The largest absolute Gasteiger partial charge is 0.453 e. The number of ether oxygens (including phenoxy) is 3. The topological polar surface area (TPSA) is 218 Å². The second-order valence-electron chi connectivity index (χ2n) is 21.7. The fourth-order valence-corrected chi connectivity index (χ4v) is 10.3. The molecule has 5 N–H and O–H groups in total. The van der Waals surface area contributed by atoms with E-state index in [1.807, 2.05) is 28.9 Å². The van der Waals surface area contributed by atoms with Gasteiger partial charge in [0.15, 0.2) is 0 Å². The number of carbonyl (C=O) groups excluding carboxylic acids is 4. The van der Waals surface area contributed by atoms with Crippen LogP contribution in [-0.4, -0.2) is 161 Å². The van der Waals surface area contributed by atoms with E-state index in [-0.39, 0.29) is 21.5 Å². The number of aromatic nitrogens is 4. The Balaban J connectivity index is 1.10. The first-order valence-electron chi connectivity index (χ1n) is 26.1. The van der Waals surface area contributed by atoms with Gasteiger partial charge >= 0.3 is 31.1 Å². The first-order valence-corrected chi connectivity index (χ1v) is 26.1. The van der Waals surface area contributed by atoms with Crippen LogP contribution >= 0.6 is 0 Å². The summed E-state index contributed by atoms with van der Waals surface area (Å²) in [5.74, 6) is -5.26. The number of rotatable bonds is 20. The van der Waals surface area contributed by atoms with Gasteiger partial charge in [-0.25, -0.2) is 38.0 Å². The molecule has 3 fully saturated rings. The number of hydrogen-bond donors (Lipinski definition) is 5. The van der Waals surface area contributed by atoms with Crippen molar-refractivity contribution < 1.29 is 82.4 Å². The molecular formula is C54H61F10N11O8. The summed E-state index contributed by atoms with van der Waals surface area (Å²) in [7, 11) is 1.61. The molecule has 450 valence electrons. The molecule has 0 aliphatic carbocycles. The lowest BCUT2D eigenvalue weighted by atomic mass is 9.82. The molecule has 0 saturated carbocycles. The van der Waals surface area contributed by atoms with Gasteiger partial charge in [0.25, 0.3) is 5.91 Å². The zero-order chi connectivity index (χ0) is 60.5. The van der Waals surface area contributed by atoms with Crippen LogP contribution in [0.15, 0.2) is 72.9 Å². The second-order valence-corrected chi connectivity index (χ2v) is 21.7. The van der Waals surface area contributed by atoms with Crippen LogP contribution in [0, 0.1) is 22.5 Å². The minimum absolute atomic E-state index is 0.201. The SMILES string of the molecule is COC(=O)N[C@H](C(=O)N[C@@H](Cc1ccc(-c2ccc3nc(N4CC5CCC(C4)N5C4COC4)ccc3n2)cc1)[C@@H](O)CN(Cc1c(F)cc(-c2ccn(C(F)F)n2)cc1F)NC(=O)[C@@H](NC(=O)OC)C(C)(C)C(F)(F)F)C(C)(C)C(F)(F)F. The Kier molecular flexibility index (Phi) is 18.2. The van der Waals surface area contributed by atoms with Crippen LogP contribution in [0.4, 0.5) is 59.3 Å². The van der Waals surface area contributed by atoms with Gasteiger partial charge in [0.1, 0.15) is 29.5 Å². The van der Waals surface area contributed by atoms with Gasteiger partial charge in [0, 0.05) is 61.1 Å². The molecule has 6 heterocycles. The number of methoxy groups -OCH3 is 2. The van der Waals surface area contributed by atoms with E-state index >= 15 is 8.78 Å². The molecule has 83 heavy (non-hydrogen) atoms. The van der Waals surface area contributed by atoms with Crippen LogP contribution in [0.25, 0.3) is 33.5 Å². The Hall–Kier alpha value is -7.37. The average molecular weight is 1180 g/mol. The number of fused-ring (bicyclic) bond motifs is 3. The normalized spacial score (nSPS) is 18.6. The highest BCUT2D eigenvalue weighted by molar-refractivity contribution is 5.87. The lowest BCUT2D eigenvalue weighted by molar-refractivity contribution is -0.221. The number of aliphatic hydroxyl groups excluding tert-OH is 1. The number of piperazine rings is 1. The molecule has 2 aromatic carbocycles. The van der Waals surface area contributed by atoms with E-state index in [0.717, 1.165) is 71.4 Å². The summed E-state index contributed by atoms with van der Waals surface area (Å²) in [5, 5.41) is 22.2. The molecule has 4 amide bonds. The van der Waals surface area contributed by atoms with Gasteiger partial charge in [-0.3, -0.25) is 19.9 Å². The van der Waals surface area contributed by atoms with Crippen molar-refractivity contribution in [3.63, 3.8) is 0 Å². The van der Waals surface area contributed by atoms with Gasteiger partial charge in [-0.1, -0.05) is 24.3 Å². The summed E-state index contributed by atoms with van der Waals surface area (Å²) in [6.07, 6.45) is -13.0. The Labute approximate surface area is 469 Å². The number of nitrogens with one attached hydrogen (secondary N) is 4. The maximum atomic E-state index is 16.1. The first kappa shape index (κ1) is 61.7. The minimum Gasteiger partial charge on any atom is -0.453 e. The number of hydrogen-bond acceptors (Lipinski definition) is 14. The Morgan fingerprint density at radius 1 is 0.723 bits per heavy atom. The maximum Gasteiger partial charge on any atom is 0.407 e. The highest BCUT2D eigenvalue weighted by Gasteiger charge is 2.57. The van der Waals surface area contributed by atoms with E-state index in [1.54, 1.807) is 23.5 Å². The van der Waals surface area contributed by atoms with Gasteiger partial charge in [-0.2, -0.15) is 40.2 Å². The lowest BCUT2D eigenvalue weighted by Crippen LogP contribution is -2.63. The van der Waals surface area contributed by atoms with Crippen LogP contribution in [0.1, 0.15) is 58.2 Å². The molecule has 0 spiro atoms. The molecule has 5 aromatic rings. The molecule has 8 rings (SSSR count). The first-order chi connectivity index (χ1) is 39.0. The van der Waals surface area contributed by atoms with Crippen molar-refractivity contribution in [2.45, 2.75) is 115 Å². The van der Waals surface area contributed by atoms with E-state index < -0.39 is 115 Å². The van der Waals surface area contributed by atoms with Crippen molar-refractivity contribution in [3.05, 3.63) is 95.7 Å². The van der Waals surface area contributed by atoms with Crippen molar-refractivity contribution in [1.82, 2.24) is 51.0 Å². The number of anilines is 1. The fourth-order valence-electron chi connectivity index (χ4n) is 10.3. The van der Waals surface area contributed by atoms with E-state index in [9.17, 15) is 59.4 Å². The van der Waals surface area contributed by atoms with Crippen LogP contribution < -0.4 is 26.3 Å². The number of alkyl halides is 8. The summed E-state index contributed by atoms with van der Waals surface area (Å²) in [6.45, 7) is 0.0279. The zero-order valence-electron chi connectivity index (χ0n) is 45.6. The molecule has 29 heteroatoms. The standard InChI is InChI=1S/C54H61F10N11O8/c1-51(2,53(59,60)61)44(68-49(79)81-5)46(77)67-41(19-28-7-9-29(10-8-28)37-13-14-40-39(65-37)15-16-43(66-40)72-22-31-11-12-32(23-72)75(31)33-26-83-27-33)42(76)25-73(71-47(78)45(69-50(80)82-6)52(3,4)54(62,63)64)24-34-35(55)20-30(21-36(34)56)38-17-18-74(70-38)48(57)58/h7-10,13-18,20-21,31-33,41-42,44-45,48,76H,11-12,19,22-27H2,1-6H3,(H,67,77)(H,68,79)(H,69,80)(H,71,78)/t31?,32?,41-,42-,44+,45+/m0/s1. The van der Waals surface area contributed by atoms with E-state index in [4.69, 9.17) is 14.7 Å². The Morgan fingerprint density at radius 2 is 1.28 bits per heavy atom. The average Bonchev–Trinajstić information content (AvgIpc) is 3.31. The predicted molar refractivity (Wildman–Crippen MR) is 278 cm³/mol. The zero-order valence-corrected chi connectivity index (χ0v) is 45.6. The molecule has 0 radical (unpaired) electrons. The third-order valence-corrected chi connectivity index (χ3v) is 15.5. The van der Waals surface area contributed by atoms with Crippen molar-refractivity contribution in [3.8, 4) is 22.5 Å². The number of aliphatic hydroxyl groups is 1. The van der Waals surface area contributed by atoms with Crippen molar-refractivity contribution in [2.75, 3.05) is 52.0 Å². The smallest absolute Gasteiger partial charge is 0.407 e. The van der Waals surface area contributed by atoms with Crippen molar-refractivity contribution >= 4 is 40.9 Å². The molecule has 3 aliphatic heterocycles. The summed E-state index contributed by atoms with van der Waals surface area (Å²) in [6, 6.07) is 10.4. The van der Waals surface area contributed by atoms with E-state index in [2.05, 4.69) is 29.7 Å². The van der Waals surface area contributed by atoms with Gasteiger partial charge in [-0.05, 0) is 95.0 Å². The number of pyridine rings is 2. The number of hydrazine groups is 1. The van der Waals surface area contributed by atoms with E-state index in [1.165, 1.54) is 12.1 Å². The van der Waals surface area contributed by atoms with Crippen molar-refractivity contribution in [1.29, 1.82) is 0 Å². The summed E-state index contributed by atoms with van der Waals surface area (Å²) in [4.78, 5) is 67.7. The maximum absolute atomic E-state index is 16.1. The van der Waals surface area contributed by atoms with Crippen LogP contribution in [-0.2, 0) is 36.8 Å². The fraction of sp³-hybridized carbons (Fsp3) is 0.500. The molecule has 2 bridgehead atoms. The third-order valence-electron chi connectivity index (χ3n) is 15.5. The molecule has 3 saturated heterocycles. The second kappa shape index (κ2) is 24.5. The van der Waals surface area contributed by atoms with Gasteiger partial charge in [0.05, 0.1) is 78.9 Å². The highest BCUT2D eigenvalue weighted by atomic mass is 19.4. The highest BCUT2D eigenvalue weighted by Crippen LogP contribution is 2.42. The van der Waals surface area contributed by atoms with Crippen LogP contribution in [0.5, 0.6) is 0 Å². The van der Waals surface area contributed by atoms with E-state index in [0.29, 0.717) is 85.3 Å². The monoisotopic (exact) mass is 1180 g/mol. The van der Waals surface area contributed by atoms with Gasteiger partial charge in [-0.15, -0.1) is 0 Å². The van der Waals surface area contributed by atoms with Crippen LogP contribution in [0.3, 0.4) is 0 Å². The number of benzene rings is 2.